The van der Waals surface area contributed by atoms with E-state index in [0.29, 0.717) is 18.2 Å². The molecule has 0 radical (unpaired) electrons. The van der Waals surface area contributed by atoms with Crippen molar-refractivity contribution in [1.82, 2.24) is 4.90 Å². The van der Waals surface area contributed by atoms with Gasteiger partial charge in [0.25, 0.3) is 0 Å². The van der Waals surface area contributed by atoms with E-state index in [-0.39, 0.29) is 5.78 Å². The Bertz CT molecular complexity index is 250. The summed E-state index contributed by atoms with van der Waals surface area (Å²) in [6.45, 7) is 5.57. The number of amides is 1. The van der Waals surface area contributed by atoms with Crippen molar-refractivity contribution in [3.63, 3.8) is 0 Å². The first-order valence-electron chi connectivity index (χ1n) is 6.40. The fraction of sp³-hybridized carbons (Fsp3) is 0.846. The first-order valence-corrected chi connectivity index (χ1v) is 6.40. The standard InChI is InChI=1S/C13H23NO2/c1-3-6-12-9-13(16)14(10-12)8-5-4-7-11(2)15/h12H,3-10H2,1-2H3. The Morgan fingerprint density at radius 3 is 2.81 bits per heavy atom. The molecule has 0 spiro atoms. The Labute approximate surface area is 98.2 Å². The second-order valence-corrected chi connectivity index (χ2v) is 4.86. The molecule has 0 aliphatic carbocycles. The minimum absolute atomic E-state index is 0.247. The molecule has 0 aromatic rings. The van der Waals surface area contributed by atoms with Crippen LogP contribution < -0.4 is 0 Å². The van der Waals surface area contributed by atoms with Gasteiger partial charge >= 0.3 is 0 Å². The van der Waals surface area contributed by atoms with E-state index in [1.165, 1.54) is 0 Å². The summed E-state index contributed by atoms with van der Waals surface area (Å²) >= 11 is 0. The minimum Gasteiger partial charge on any atom is -0.342 e. The molecule has 0 aromatic heterocycles. The van der Waals surface area contributed by atoms with Crippen LogP contribution in [-0.4, -0.2) is 29.7 Å². The van der Waals surface area contributed by atoms with Crippen molar-refractivity contribution < 1.29 is 9.59 Å². The van der Waals surface area contributed by atoms with Gasteiger partial charge in [-0.25, -0.2) is 0 Å². The van der Waals surface area contributed by atoms with Crippen molar-refractivity contribution >= 4 is 11.7 Å². The largest absolute Gasteiger partial charge is 0.342 e. The van der Waals surface area contributed by atoms with E-state index in [9.17, 15) is 9.59 Å². The number of nitrogens with zero attached hydrogens (tertiary/aromatic N) is 1. The first kappa shape index (κ1) is 13.2. The SMILES string of the molecule is CCCC1CC(=O)N(CCCCC(C)=O)C1. The maximum absolute atomic E-state index is 11.6. The van der Waals surface area contributed by atoms with Gasteiger partial charge in [-0.05, 0) is 32.1 Å². The van der Waals surface area contributed by atoms with Gasteiger partial charge < -0.3 is 9.69 Å². The lowest BCUT2D eigenvalue weighted by Crippen LogP contribution is -2.26. The van der Waals surface area contributed by atoms with E-state index in [4.69, 9.17) is 0 Å². The van der Waals surface area contributed by atoms with Gasteiger partial charge in [-0.1, -0.05) is 13.3 Å². The molecule has 3 nitrogen and oxygen atoms in total. The van der Waals surface area contributed by atoms with Gasteiger partial charge in [0.1, 0.15) is 5.78 Å². The third kappa shape index (κ3) is 4.33. The molecule has 1 heterocycles. The van der Waals surface area contributed by atoms with Gasteiger partial charge in [0.05, 0.1) is 0 Å². The molecule has 0 saturated carbocycles. The Morgan fingerprint density at radius 2 is 2.19 bits per heavy atom. The molecule has 92 valence electrons. The van der Waals surface area contributed by atoms with Crippen molar-refractivity contribution in [1.29, 1.82) is 0 Å². The highest BCUT2D eigenvalue weighted by Gasteiger charge is 2.27. The quantitative estimate of drug-likeness (QED) is 0.624. The number of carbonyl (C=O) groups is 2. The molecule has 1 saturated heterocycles. The third-order valence-corrected chi connectivity index (χ3v) is 3.20. The molecular weight excluding hydrogens is 202 g/mol. The van der Waals surface area contributed by atoms with Crippen LogP contribution in [0.5, 0.6) is 0 Å². The summed E-state index contributed by atoms with van der Waals surface area (Å²) in [7, 11) is 0. The molecule has 3 heteroatoms. The fourth-order valence-electron chi connectivity index (χ4n) is 2.35. The second kappa shape index (κ2) is 6.66. The number of likely N-dealkylation sites (tertiary alicyclic amines) is 1. The zero-order chi connectivity index (χ0) is 12.0. The normalized spacial score (nSPS) is 20.5. The van der Waals surface area contributed by atoms with Gasteiger partial charge in [-0.15, -0.1) is 0 Å². The first-order chi connectivity index (χ1) is 7.63. The minimum atomic E-state index is 0.247. The van der Waals surface area contributed by atoms with E-state index < -0.39 is 0 Å². The van der Waals surface area contributed by atoms with Gasteiger partial charge in [0.2, 0.25) is 5.91 Å². The van der Waals surface area contributed by atoms with Crippen LogP contribution in [0.3, 0.4) is 0 Å². The zero-order valence-electron chi connectivity index (χ0n) is 10.5. The Kier molecular flexibility index (Phi) is 5.50. The molecule has 1 fully saturated rings. The predicted molar refractivity (Wildman–Crippen MR) is 64.1 cm³/mol. The number of rotatable bonds is 7. The number of hydrogen-bond acceptors (Lipinski definition) is 2. The van der Waals surface area contributed by atoms with Crippen LogP contribution in [0, 0.1) is 5.92 Å². The zero-order valence-corrected chi connectivity index (χ0v) is 10.5. The lowest BCUT2D eigenvalue weighted by molar-refractivity contribution is -0.127. The Balaban J connectivity index is 2.17. The van der Waals surface area contributed by atoms with Crippen LogP contribution in [0.25, 0.3) is 0 Å². The fourth-order valence-corrected chi connectivity index (χ4v) is 2.35. The lowest BCUT2D eigenvalue weighted by atomic mass is 10.0. The van der Waals surface area contributed by atoms with E-state index in [1.807, 2.05) is 4.90 Å². The number of Topliss-reactive ketones (excluding diaryl/α,β-unsaturated/α-hetero) is 1. The summed E-state index contributed by atoms with van der Waals surface area (Å²) in [5.74, 6) is 1.13. The molecule has 1 unspecified atom stereocenters. The van der Waals surface area contributed by atoms with Crippen LogP contribution in [0.1, 0.15) is 52.4 Å². The summed E-state index contributed by atoms with van der Waals surface area (Å²) < 4.78 is 0. The van der Waals surface area contributed by atoms with Gasteiger partial charge in [-0.2, -0.15) is 0 Å². The number of ketones is 1. The molecular formula is C13H23NO2. The average molecular weight is 225 g/mol. The third-order valence-electron chi connectivity index (χ3n) is 3.20. The molecule has 0 bridgehead atoms. The Hall–Kier alpha value is -0.860. The second-order valence-electron chi connectivity index (χ2n) is 4.86. The summed E-state index contributed by atoms with van der Waals surface area (Å²) in [4.78, 5) is 24.4. The summed E-state index contributed by atoms with van der Waals surface area (Å²) in [5.41, 5.74) is 0. The van der Waals surface area contributed by atoms with Gasteiger partial charge in [-0.3, -0.25) is 4.79 Å². The van der Waals surface area contributed by atoms with Gasteiger partial charge in [0, 0.05) is 25.9 Å². The Morgan fingerprint density at radius 1 is 1.44 bits per heavy atom. The topological polar surface area (TPSA) is 37.4 Å². The van der Waals surface area contributed by atoms with E-state index in [1.54, 1.807) is 6.92 Å². The van der Waals surface area contributed by atoms with Crippen molar-refractivity contribution in [3.8, 4) is 0 Å². The number of carbonyl (C=O) groups excluding carboxylic acids is 2. The molecule has 1 amide bonds. The molecule has 1 aliphatic rings. The highest BCUT2D eigenvalue weighted by molar-refractivity contribution is 5.78. The number of hydrogen-bond donors (Lipinski definition) is 0. The van der Waals surface area contributed by atoms with Gasteiger partial charge in [0.15, 0.2) is 0 Å². The van der Waals surface area contributed by atoms with Crippen LogP contribution in [0.15, 0.2) is 0 Å². The molecule has 0 N–H and O–H groups in total. The van der Waals surface area contributed by atoms with E-state index >= 15 is 0 Å². The van der Waals surface area contributed by atoms with Crippen molar-refractivity contribution in [2.24, 2.45) is 5.92 Å². The highest BCUT2D eigenvalue weighted by Crippen LogP contribution is 2.22. The monoisotopic (exact) mass is 225 g/mol. The highest BCUT2D eigenvalue weighted by atomic mass is 16.2. The maximum Gasteiger partial charge on any atom is 0.222 e. The molecule has 0 aromatic carbocycles. The average Bonchev–Trinajstić information content (AvgIpc) is 2.54. The summed E-state index contributed by atoms with van der Waals surface area (Å²) in [5, 5.41) is 0. The smallest absolute Gasteiger partial charge is 0.222 e. The van der Waals surface area contributed by atoms with Crippen molar-refractivity contribution in [3.05, 3.63) is 0 Å². The van der Waals surface area contributed by atoms with Crippen LogP contribution >= 0.6 is 0 Å². The van der Waals surface area contributed by atoms with Crippen LogP contribution in [0.4, 0.5) is 0 Å². The summed E-state index contributed by atoms with van der Waals surface area (Å²) in [6, 6.07) is 0. The van der Waals surface area contributed by atoms with E-state index in [0.717, 1.165) is 45.2 Å². The molecule has 1 rings (SSSR count). The maximum atomic E-state index is 11.6. The summed E-state index contributed by atoms with van der Waals surface area (Å²) in [6.07, 6.45) is 5.59. The molecule has 16 heavy (non-hydrogen) atoms. The molecule has 1 atom stereocenters. The molecule has 1 aliphatic heterocycles. The van der Waals surface area contributed by atoms with Crippen LogP contribution in [0.2, 0.25) is 0 Å². The number of unbranched alkanes of at least 4 members (excludes halogenated alkanes) is 1. The predicted octanol–water partition coefficient (Wildman–Crippen LogP) is 2.39. The van der Waals surface area contributed by atoms with Crippen molar-refractivity contribution in [2.75, 3.05) is 13.1 Å². The lowest BCUT2D eigenvalue weighted by Gasteiger charge is -2.16. The van der Waals surface area contributed by atoms with E-state index in [2.05, 4.69) is 6.92 Å². The van der Waals surface area contributed by atoms with Crippen LogP contribution in [-0.2, 0) is 9.59 Å². The van der Waals surface area contributed by atoms with Crippen molar-refractivity contribution in [2.45, 2.75) is 52.4 Å².